The van der Waals surface area contributed by atoms with E-state index >= 15 is 0 Å². The van der Waals surface area contributed by atoms with E-state index in [1.807, 2.05) is 12.1 Å². The summed E-state index contributed by atoms with van der Waals surface area (Å²) >= 11 is 2.15. The first-order valence-corrected chi connectivity index (χ1v) is 5.20. The molecule has 3 N–H and O–H groups in total. The van der Waals surface area contributed by atoms with Crippen molar-refractivity contribution in [2.45, 2.75) is 13.1 Å². The Kier molecular flexibility index (Phi) is 2.26. The van der Waals surface area contributed by atoms with Crippen LogP contribution in [0.25, 0.3) is 0 Å². The molecule has 1 aromatic rings. The average molecular weight is 304 g/mol. The third kappa shape index (κ3) is 1.52. The maximum atomic E-state index is 10.7. The quantitative estimate of drug-likeness (QED) is 0.568. The number of hydrogen-bond donors (Lipinski definition) is 2. The Hall–Kier alpha value is -0.980. The summed E-state index contributed by atoms with van der Waals surface area (Å²) in [5.74, 6) is 0. The van der Waals surface area contributed by atoms with Crippen LogP contribution in [-0.4, -0.2) is 16.1 Å². The number of amides is 1. The van der Waals surface area contributed by atoms with E-state index in [0.717, 1.165) is 20.4 Å². The Balaban J connectivity index is 2.36. The second-order valence-electron chi connectivity index (χ2n) is 3.28. The van der Waals surface area contributed by atoms with Crippen LogP contribution in [-0.2, 0) is 13.1 Å². The van der Waals surface area contributed by atoms with Crippen molar-refractivity contribution in [1.82, 2.24) is 4.90 Å². The Labute approximate surface area is 94.8 Å². The molecule has 0 aliphatic carbocycles. The topological polar surface area (TPSA) is 66.6 Å². The summed E-state index contributed by atoms with van der Waals surface area (Å²) < 4.78 is 0.980. The second kappa shape index (κ2) is 3.30. The van der Waals surface area contributed by atoms with Gasteiger partial charge in [0, 0.05) is 22.3 Å². The molecule has 2 rings (SSSR count). The highest BCUT2D eigenvalue weighted by Gasteiger charge is 2.23. The van der Waals surface area contributed by atoms with Crippen molar-refractivity contribution >= 4 is 34.4 Å². The minimum atomic E-state index is -0.880. The number of anilines is 1. The predicted molar refractivity (Wildman–Crippen MR) is 60.8 cm³/mol. The normalized spacial score (nSPS) is 14.2. The van der Waals surface area contributed by atoms with Gasteiger partial charge in [0.1, 0.15) is 0 Å². The molecule has 14 heavy (non-hydrogen) atoms. The van der Waals surface area contributed by atoms with Gasteiger partial charge in [-0.15, -0.1) is 0 Å². The lowest BCUT2D eigenvalue weighted by atomic mass is 10.1. The summed E-state index contributed by atoms with van der Waals surface area (Å²) in [6, 6.07) is 3.81. The molecule has 1 heterocycles. The van der Waals surface area contributed by atoms with Crippen molar-refractivity contribution < 1.29 is 9.90 Å². The zero-order chi connectivity index (χ0) is 10.3. The number of fused-ring (bicyclic) bond motifs is 1. The summed E-state index contributed by atoms with van der Waals surface area (Å²) in [6.07, 6.45) is -0.880. The van der Waals surface area contributed by atoms with Gasteiger partial charge >= 0.3 is 6.09 Å². The molecular formula is C9H9IN2O2. The highest BCUT2D eigenvalue weighted by Crippen LogP contribution is 2.28. The SMILES string of the molecule is Nc1cc2c(cc1I)CN(C(=O)O)C2. The lowest BCUT2D eigenvalue weighted by molar-refractivity contribution is 0.145. The zero-order valence-corrected chi connectivity index (χ0v) is 9.48. The van der Waals surface area contributed by atoms with Gasteiger partial charge in [0.05, 0.1) is 0 Å². The molecule has 5 heteroatoms. The highest BCUT2D eigenvalue weighted by atomic mass is 127. The van der Waals surface area contributed by atoms with E-state index in [-0.39, 0.29) is 0 Å². The molecule has 0 saturated heterocycles. The first kappa shape index (κ1) is 9.57. The average Bonchev–Trinajstić information content (AvgIpc) is 2.48. The Bertz CT molecular complexity index is 375. The highest BCUT2D eigenvalue weighted by molar-refractivity contribution is 14.1. The van der Waals surface area contributed by atoms with Gasteiger partial charge in [-0.25, -0.2) is 4.79 Å². The lowest BCUT2D eigenvalue weighted by Gasteiger charge is -2.08. The van der Waals surface area contributed by atoms with Crippen LogP contribution >= 0.6 is 22.6 Å². The Morgan fingerprint density at radius 3 is 2.57 bits per heavy atom. The van der Waals surface area contributed by atoms with Gasteiger partial charge in [-0.3, -0.25) is 4.90 Å². The maximum absolute atomic E-state index is 10.7. The van der Waals surface area contributed by atoms with E-state index in [1.165, 1.54) is 4.90 Å². The van der Waals surface area contributed by atoms with Gasteiger partial charge in [-0.05, 0) is 45.9 Å². The smallest absolute Gasteiger partial charge is 0.407 e. The van der Waals surface area contributed by atoms with E-state index in [0.29, 0.717) is 13.1 Å². The third-order valence-electron chi connectivity index (χ3n) is 2.31. The molecule has 4 nitrogen and oxygen atoms in total. The van der Waals surface area contributed by atoms with E-state index in [2.05, 4.69) is 22.6 Å². The maximum Gasteiger partial charge on any atom is 0.407 e. The number of halogens is 1. The van der Waals surface area contributed by atoms with Crippen molar-refractivity contribution in [3.63, 3.8) is 0 Å². The molecule has 0 radical (unpaired) electrons. The van der Waals surface area contributed by atoms with E-state index < -0.39 is 6.09 Å². The molecular weight excluding hydrogens is 295 g/mol. The molecule has 0 atom stereocenters. The summed E-state index contributed by atoms with van der Waals surface area (Å²) in [7, 11) is 0. The second-order valence-corrected chi connectivity index (χ2v) is 4.44. The van der Waals surface area contributed by atoms with Gasteiger partial charge in [0.15, 0.2) is 0 Å². The molecule has 0 unspecified atom stereocenters. The zero-order valence-electron chi connectivity index (χ0n) is 7.33. The van der Waals surface area contributed by atoms with Crippen LogP contribution in [0.15, 0.2) is 12.1 Å². The minimum absolute atomic E-state index is 0.450. The molecule has 0 aromatic heterocycles. The molecule has 1 amide bonds. The number of benzene rings is 1. The van der Waals surface area contributed by atoms with Gasteiger partial charge in [-0.2, -0.15) is 0 Å². The van der Waals surface area contributed by atoms with Crippen molar-refractivity contribution in [3.05, 3.63) is 26.8 Å². The Morgan fingerprint density at radius 1 is 1.43 bits per heavy atom. The van der Waals surface area contributed by atoms with Crippen LogP contribution in [0.1, 0.15) is 11.1 Å². The van der Waals surface area contributed by atoms with Crippen LogP contribution in [0, 0.1) is 3.57 Å². The van der Waals surface area contributed by atoms with Crippen LogP contribution in [0.2, 0.25) is 0 Å². The number of nitrogens with two attached hydrogens (primary N) is 1. The number of carboxylic acid groups (broad SMARTS) is 1. The third-order valence-corrected chi connectivity index (χ3v) is 3.25. The van der Waals surface area contributed by atoms with Crippen molar-refractivity contribution in [2.75, 3.05) is 5.73 Å². The fourth-order valence-electron chi connectivity index (χ4n) is 1.58. The lowest BCUT2D eigenvalue weighted by Crippen LogP contribution is -2.22. The van der Waals surface area contributed by atoms with Gasteiger partial charge in [-0.1, -0.05) is 0 Å². The molecule has 74 valence electrons. The number of rotatable bonds is 0. The first-order valence-electron chi connectivity index (χ1n) is 4.12. The van der Waals surface area contributed by atoms with Crippen LogP contribution in [0.3, 0.4) is 0 Å². The minimum Gasteiger partial charge on any atom is -0.465 e. The summed E-state index contributed by atoms with van der Waals surface area (Å²) in [6.45, 7) is 0.923. The predicted octanol–water partition coefficient (Wildman–Crippen LogP) is 1.87. The summed E-state index contributed by atoms with van der Waals surface area (Å²) in [4.78, 5) is 12.1. The molecule has 0 bridgehead atoms. The molecule has 1 aromatic carbocycles. The van der Waals surface area contributed by atoms with Gasteiger partial charge in [0.25, 0.3) is 0 Å². The van der Waals surface area contributed by atoms with Crippen LogP contribution < -0.4 is 5.73 Å². The fourth-order valence-corrected chi connectivity index (χ4v) is 2.11. The van der Waals surface area contributed by atoms with Crippen molar-refractivity contribution in [1.29, 1.82) is 0 Å². The first-order chi connectivity index (χ1) is 6.58. The van der Waals surface area contributed by atoms with Gasteiger partial charge in [0.2, 0.25) is 0 Å². The standard InChI is InChI=1S/C9H9IN2O2/c10-7-1-5-3-12(9(13)14)4-6(5)2-8(7)11/h1-2H,3-4,11H2,(H,13,14). The number of carbonyl (C=O) groups is 1. The van der Waals surface area contributed by atoms with Crippen molar-refractivity contribution in [2.24, 2.45) is 0 Å². The molecule has 0 fully saturated rings. The van der Waals surface area contributed by atoms with Crippen LogP contribution in [0.5, 0.6) is 0 Å². The molecule has 0 spiro atoms. The van der Waals surface area contributed by atoms with Gasteiger partial charge < -0.3 is 10.8 Å². The number of nitrogens with zero attached hydrogens (tertiary/aromatic N) is 1. The Morgan fingerprint density at radius 2 is 2.00 bits per heavy atom. The fraction of sp³-hybridized carbons (Fsp3) is 0.222. The summed E-state index contributed by atoms with van der Waals surface area (Å²) in [5, 5.41) is 8.82. The number of hydrogen-bond acceptors (Lipinski definition) is 2. The van der Waals surface area contributed by atoms with E-state index in [1.54, 1.807) is 0 Å². The van der Waals surface area contributed by atoms with Crippen molar-refractivity contribution in [3.8, 4) is 0 Å². The monoisotopic (exact) mass is 304 g/mol. The summed E-state index contributed by atoms with van der Waals surface area (Å²) in [5.41, 5.74) is 8.54. The largest absolute Gasteiger partial charge is 0.465 e. The van der Waals surface area contributed by atoms with Crippen LogP contribution in [0.4, 0.5) is 10.5 Å². The molecule has 1 aliphatic rings. The molecule has 1 aliphatic heterocycles. The number of nitrogen functional groups attached to an aromatic ring is 1. The van der Waals surface area contributed by atoms with E-state index in [9.17, 15) is 4.79 Å². The van der Waals surface area contributed by atoms with E-state index in [4.69, 9.17) is 10.8 Å². The molecule has 0 saturated carbocycles.